The number of amidine groups is 2. The van der Waals surface area contributed by atoms with E-state index >= 15 is 0 Å². The number of nitrogens with two attached hydrogens (primary N) is 2. The summed E-state index contributed by atoms with van der Waals surface area (Å²) in [7, 11) is 0. The predicted octanol–water partition coefficient (Wildman–Crippen LogP) is 2.35. The maximum atomic E-state index is 7.49. The van der Waals surface area contributed by atoms with Gasteiger partial charge in [-0.05, 0) is 12.1 Å². The molecule has 130 valence electrons. The van der Waals surface area contributed by atoms with Gasteiger partial charge >= 0.3 is 0 Å². The van der Waals surface area contributed by atoms with E-state index < -0.39 is 0 Å². The van der Waals surface area contributed by atoms with Gasteiger partial charge < -0.3 is 11.5 Å². The Labute approximate surface area is 156 Å². The fourth-order valence-electron chi connectivity index (χ4n) is 2.16. The average Bonchev–Trinajstić information content (AvgIpc) is 3.05. The Morgan fingerprint density at radius 3 is 2.12 bits per heavy atom. The number of nitrogens with zero attached hydrogens (tertiary/aromatic N) is 3. The van der Waals surface area contributed by atoms with Crippen LogP contribution in [0.3, 0.4) is 0 Å². The molecular formula is C16H17Cl2N7. The van der Waals surface area contributed by atoms with Crippen LogP contribution in [0, 0.1) is 10.8 Å². The lowest BCUT2D eigenvalue weighted by molar-refractivity contribution is 0.803. The zero-order valence-electron chi connectivity index (χ0n) is 13.0. The Hall–Kier alpha value is -2.90. The molecule has 1 heterocycles. The minimum absolute atomic E-state index is 0. The van der Waals surface area contributed by atoms with Crippen LogP contribution in [0.2, 0.25) is 0 Å². The maximum absolute atomic E-state index is 7.49. The molecule has 0 unspecified atom stereocenters. The van der Waals surface area contributed by atoms with Crippen molar-refractivity contribution < 1.29 is 0 Å². The topological polar surface area (TPSA) is 130 Å². The number of nitrogen functional groups attached to an aromatic ring is 2. The van der Waals surface area contributed by atoms with Gasteiger partial charge in [0.25, 0.3) is 0 Å². The van der Waals surface area contributed by atoms with Gasteiger partial charge in [0.05, 0.1) is 11.9 Å². The van der Waals surface area contributed by atoms with E-state index in [-0.39, 0.29) is 36.5 Å². The van der Waals surface area contributed by atoms with E-state index in [4.69, 9.17) is 22.3 Å². The molecule has 3 rings (SSSR count). The van der Waals surface area contributed by atoms with Crippen LogP contribution in [0.15, 0.2) is 54.7 Å². The second-order valence-electron chi connectivity index (χ2n) is 5.00. The molecule has 0 amide bonds. The Balaban J connectivity index is 0.00000156. The molecule has 3 aromatic rings. The Bertz CT molecular complexity index is 888. The zero-order chi connectivity index (χ0) is 16.4. The number of hydrogen-bond donors (Lipinski definition) is 4. The van der Waals surface area contributed by atoms with Gasteiger partial charge in [-0.2, -0.15) is 0 Å². The molecular weight excluding hydrogens is 361 g/mol. The van der Waals surface area contributed by atoms with Crippen LogP contribution in [0.5, 0.6) is 0 Å². The van der Waals surface area contributed by atoms with E-state index in [2.05, 4.69) is 10.3 Å². The summed E-state index contributed by atoms with van der Waals surface area (Å²) in [6.07, 6.45) is 1.79. The molecule has 1 aromatic heterocycles. The molecule has 6 N–H and O–H groups in total. The molecule has 0 bridgehead atoms. The molecule has 0 spiro atoms. The average molecular weight is 378 g/mol. The van der Waals surface area contributed by atoms with Gasteiger partial charge in [-0.15, -0.1) is 29.9 Å². The zero-order valence-corrected chi connectivity index (χ0v) is 14.6. The van der Waals surface area contributed by atoms with Crippen molar-refractivity contribution in [3.63, 3.8) is 0 Å². The molecule has 2 aromatic carbocycles. The summed E-state index contributed by atoms with van der Waals surface area (Å²) < 4.78 is 1.63. The lowest BCUT2D eigenvalue weighted by Gasteiger charge is -2.03. The second-order valence-corrected chi connectivity index (χ2v) is 5.00. The van der Waals surface area contributed by atoms with E-state index in [1.165, 1.54) is 0 Å². The van der Waals surface area contributed by atoms with Crippen molar-refractivity contribution >= 4 is 36.5 Å². The van der Waals surface area contributed by atoms with Crippen LogP contribution >= 0.6 is 24.8 Å². The van der Waals surface area contributed by atoms with Gasteiger partial charge in [0.1, 0.15) is 17.4 Å². The number of aromatic nitrogens is 3. The first-order valence-corrected chi connectivity index (χ1v) is 6.86. The van der Waals surface area contributed by atoms with Crippen molar-refractivity contribution in [2.45, 2.75) is 0 Å². The Morgan fingerprint density at radius 2 is 1.52 bits per heavy atom. The summed E-state index contributed by atoms with van der Waals surface area (Å²) in [5.74, 6) is 0.0354. The van der Waals surface area contributed by atoms with Crippen molar-refractivity contribution in [3.05, 3.63) is 65.9 Å². The van der Waals surface area contributed by atoms with Crippen LogP contribution in [-0.2, 0) is 0 Å². The molecule has 0 saturated carbocycles. The summed E-state index contributed by atoms with van der Waals surface area (Å²) in [4.78, 5) is 0. The smallest absolute Gasteiger partial charge is 0.122 e. The molecule has 0 atom stereocenters. The lowest BCUT2D eigenvalue weighted by atomic mass is 10.1. The monoisotopic (exact) mass is 377 g/mol. The van der Waals surface area contributed by atoms with Crippen LogP contribution in [0.25, 0.3) is 16.9 Å². The van der Waals surface area contributed by atoms with Gasteiger partial charge in [0.2, 0.25) is 0 Å². The fourth-order valence-corrected chi connectivity index (χ4v) is 2.16. The molecule has 0 fully saturated rings. The highest BCUT2D eigenvalue weighted by Crippen LogP contribution is 2.18. The van der Waals surface area contributed by atoms with E-state index in [0.29, 0.717) is 16.8 Å². The Kier molecular flexibility index (Phi) is 6.67. The quantitative estimate of drug-likeness (QED) is 0.410. The standard InChI is InChI=1S/C16H15N7.2ClH/c17-15(18)11-6-4-10(5-7-11)14-9-23(22-21-14)13-3-1-2-12(8-13)16(19)20;;/h1-9H,(H3,17,18)(H3,19,20);2*1H. The molecule has 25 heavy (non-hydrogen) atoms. The van der Waals surface area contributed by atoms with Gasteiger partial charge in [-0.3, -0.25) is 10.8 Å². The summed E-state index contributed by atoms with van der Waals surface area (Å²) in [5, 5.41) is 23.2. The van der Waals surface area contributed by atoms with Crippen LogP contribution in [0.4, 0.5) is 0 Å². The van der Waals surface area contributed by atoms with Crippen LogP contribution in [-0.4, -0.2) is 26.7 Å². The highest BCUT2D eigenvalue weighted by Gasteiger charge is 2.07. The molecule has 0 aliphatic rings. The predicted molar refractivity (Wildman–Crippen MR) is 103 cm³/mol. The van der Waals surface area contributed by atoms with Crippen molar-refractivity contribution in [3.8, 4) is 16.9 Å². The molecule has 0 saturated heterocycles. The summed E-state index contributed by atoms with van der Waals surface area (Å²) in [6.45, 7) is 0. The first-order chi connectivity index (χ1) is 11.0. The van der Waals surface area contributed by atoms with E-state index in [9.17, 15) is 0 Å². The fraction of sp³-hybridized carbons (Fsp3) is 0. The summed E-state index contributed by atoms with van der Waals surface area (Å²) in [6, 6.07) is 14.5. The van der Waals surface area contributed by atoms with Gasteiger partial charge in [0, 0.05) is 16.7 Å². The highest BCUT2D eigenvalue weighted by atomic mass is 35.5. The first kappa shape index (κ1) is 20.1. The third-order valence-corrected chi connectivity index (χ3v) is 3.41. The summed E-state index contributed by atoms with van der Waals surface area (Å²) in [5.41, 5.74) is 14.6. The normalized spacial score (nSPS) is 9.60. The second kappa shape index (κ2) is 8.27. The van der Waals surface area contributed by atoms with E-state index in [1.54, 1.807) is 35.1 Å². The maximum Gasteiger partial charge on any atom is 0.122 e. The third-order valence-electron chi connectivity index (χ3n) is 3.41. The summed E-state index contributed by atoms with van der Waals surface area (Å²) >= 11 is 0. The largest absolute Gasteiger partial charge is 0.384 e. The minimum atomic E-state index is 0. The molecule has 0 aliphatic heterocycles. The lowest BCUT2D eigenvalue weighted by Crippen LogP contribution is -2.11. The molecule has 7 nitrogen and oxygen atoms in total. The van der Waals surface area contributed by atoms with Crippen LogP contribution < -0.4 is 11.5 Å². The minimum Gasteiger partial charge on any atom is -0.384 e. The van der Waals surface area contributed by atoms with Crippen molar-refractivity contribution in [2.24, 2.45) is 11.5 Å². The van der Waals surface area contributed by atoms with Gasteiger partial charge in [0.15, 0.2) is 0 Å². The van der Waals surface area contributed by atoms with Crippen molar-refractivity contribution in [2.75, 3.05) is 0 Å². The van der Waals surface area contributed by atoms with E-state index in [1.807, 2.05) is 24.3 Å². The number of rotatable bonds is 4. The third kappa shape index (κ3) is 4.34. The van der Waals surface area contributed by atoms with Gasteiger partial charge in [-0.25, -0.2) is 4.68 Å². The molecule has 0 radical (unpaired) electrons. The number of hydrogen-bond acceptors (Lipinski definition) is 4. The number of halogens is 2. The molecule has 9 heteroatoms. The number of benzene rings is 2. The van der Waals surface area contributed by atoms with Crippen LogP contribution in [0.1, 0.15) is 11.1 Å². The SMILES string of the molecule is Cl.Cl.N=C(N)c1ccc(-c2cn(-c3cccc(C(=N)N)c3)nn2)cc1. The van der Waals surface area contributed by atoms with Gasteiger partial charge in [-0.1, -0.05) is 41.6 Å². The van der Waals surface area contributed by atoms with Crippen molar-refractivity contribution in [1.82, 2.24) is 15.0 Å². The van der Waals surface area contributed by atoms with Crippen molar-refractivity contribution in [1.29, 1.82) is 10.8 Å². The first-order valence-electron chi connectivity index (χ1n) is 6.86. The Morgan fingerprint density at radius 1 is 0.880 bits per heavy atom. The molecule has 0 aliphatic carbocycles. The van der Waals surface area contributed by atoms with E-state index in [0.717, 1.165) is 11.3 Å². The highest BCUT2D eigenvalue weighted by molar-refractivity contribution is 5.95. The number of nitrogens with one attached hydrogen (secondary N) is 2.